The summed E-state index contributed by atoms with van der Waals surface area (Å²) in [6.45, 7) is -1.03. The molecular formula is C15H9F3N2O3. The summed E-state index contributed by atoms with van der Waals surface area (Å²) < 4.78 is 40.5. The van der Waals surface area contributed by atoms with E-state index in [9.17, 15) is 22.8 Å². The Kier molecular flexibility index (Phi) is 3.51. The first-order valence-electron chi connectivity index (χ1n) is 6.54. The van der Waals surface area contributed by atoms with Gasteiger partial charge < -0.3 is 9.67 Å². The van der Waals surface area contributed by atoms with Crippen LogP contribution in [0.5, 0.6) is 0 Å². The molecule has 0 aliphatic heterocycles. The number of aromatic carboxylic acids is 1. The van der Waals surface area contributed by atoms with E-state index in [2.05, 4.69) is 4.98 Å². The molecule has 1 aromatic carbocycles. The number of carbonyl (C=O) groups is 1. The molecule has 0 aliphatic carbocycles. The first kappa shape index (κ1) is 15.0. The Morgan fingerprint density at radius 2 is 1.91 bits per heavy atom. The van der Waals surface area contributed by atoms with Crippen LogP contribution < -0.4 is 5.43 Å². The molecule has 23 heavy (non-hydrogen) atoms. The maximum absolute atomic E-state index is 13.3. The van der Waals surface area contributed by atoms with Gasteiger partial charge >= 0.3 is 5.97 Å². The van der Waals surface area contributed by atoms with E-state index in [0.29, 0.717) is 0 Å². The van der Waals surface area contributed by atoms with Gasteiger partial charge in [-0.1, -0.05) is 0 Å². The van der Waals surface area contributed by atoms with E-state index in [-0.39, 0.29) is 28.5 Å². The highest BCUT2D eigenvalue weighted by Crippen LogP contribution is 2.21. The van der Waals surface area contributed by atoms with Crippen LogP contribution in [0, 0.1) is 11.6 Å². The molecule has 2 aromatic heterocycles. The van der Waals surface area contributed by atoms with E-state index in [1.54, 1.807) is 0 Å². The van der Waals surface area contributed by atoms with Crippen molar-refractivity contribution < 1.29 is 23.1 Å². The lowest BCUT2D eigenvalue weighted by Gasteiger charge is -2.11. The Labute approximate surface area is 126 Å². The van der Waals surface area contributed by atoms with Crippen molar-refractivity contribution in [1.29, 1.82) is 0 Å². The fourth-order valence-electron chi connectivity index (χ4n) is 2.38. The first-order chi connectivity index (χ1) is 10.9. The fraction of sp³-hybridized carbons (Fsp3) is 0.133. The maximum atomic E-state index is 13.3. The molecule has 3 aromatic rings. The van der Waals surface area contributed by atoms with Crippen molar-refractivity contribution in [2.24, 2.45) is 0 Å². The second kappa shape index (κ2) is 5.38. The van der Waals surface area contributed by atoms with Crippen LogP contribution in [0.2, 0.25) is 0 Å². The average molecular weight is 322 g/mol. The third-order valence-corrected chi connectivity index (χ3v) is 3.44. The number of halogens is 3. The van der Waals surface area contributed by atoms with Crippen molar-refractivity contribution >= 4 is 27.9 Å². The zero-order valence-corrected chi connectivity index (χ0v) is 11.5. The van der Waals surface area contributed by atoms with Gasteiger partial charge in [0.25, 0.3) is 0 Å². The minimum absolute atomic E-state index is 0.0103. The number of pyridine rings is 2. The van der Waals surface area contributed by atoms with Crippen LogP contribution in [0.15, 0.2) is 29.2 Å². The van der Waals surface area contributed by atoms with Crippen molar-refractivity contribution in [3.63, 3.8) is 0 Å². The van der Waals surface area contributed by atoms with Crippen molar-refractivity contribution in [3.05, 3.63) is 51.8 Å². The molecule has 0 fully saturated rings. The molecule has 0 unspecified atom stereocenters. The largest absolute Gasteiger partial charge is 0.477 e. The number of nitrogens with zero attached hydrogens (tertiary/aromatic N) is 2. The second-order valence-electron chi connectivity index (χ2n) is 4.88. The van der Waals surface area contributed by atoms with E-state index in [1.165, 1.54) is 10.6 Å². The van der Waals surface area contributed by atoms with Gasteiger partial charge in [0.2, 0.25) is 5.43 Å². The predicted molar refractivity (Wildman–Crippen MR) is 76.4 cm³/mol. The highest BCUT2D eigenvalue weighted by molar-refractivity contribution is 5.96. The number of rotatable bonds is 3. The summed E-state index contributed by atoms with van der Waals surface area (Å²) in [4.78, 5) is 27.4. The molecule has 0 saturated carbocycles. The summed E-state index contributed by atoms with van der Waals surface area (Å²) >= 11 is 0. The molecule has 0 saturated heterocycles. The average Bonchev–Trinajstić information content (AvgIpc) is 2.50. The van der Waals surface area contributed by atoms with E-state index >= 15 is 0 Å². The summed E-state index contributed by atoms with van der Waals surface area (Å²) in [5, 5.41) is 9.12. The van der Waals surface area contributed by atoms with Crippen LogP contribution in [0.4, 0.5) is 13.2 Å². The third kappa shape index (κ3) is 2.41. The van der Waals surface area contributed by atoms with Crippen molar-refractivity contribution in [2.75, 3.05) is 6.67 Å². The molecule has 0 bridgehead atoms. The Morgan fingerprint density at radius 3 is 2.57 bits per heavy atom. The lowest BCUT2D eigenvalue weighted by Crippen LogP contribution is -2.20. The second-order valence-corrected chi connectivity index (χ2v) is 4.88. The SMILES string of the molecule is O=C(O)c1cn(CCF)c2nc3cc(F)c(F)cc3cc2c1=O. The van der Waals surface area contributed by atoms with Gasteiger partial charge in [-0.15, -0.1) is 0 Å². The normalized spacial score (nSPS) is 11.3. The van der Waals surface area contributed by atoms with Gasteiger partial charge in [0.05, 0.1) is 17.4 Å². The topological polar surface area (TPSA) is 72.2 Å². The molecule has 8 heteroatoms. The highest BCUT2D eigenvalue weighted by Gasteiger charge is 2.17. The zero-order valence-electron chi connectivity index (χ0n) is 11.5. The Hall–Kier alpha value is -2.90. The van der Waals surface area contributed by atoms with E-state index in [0.717, 1.165) is 18.3 Å². The number of aromatic nitrogens is 2. The van der Waals surface area contributed by atoms with E-state index in [1.807, 2.05) is 0 Å². The number of hydrogen-bond donors (Lipinski definition) is 1. The predicted octanol–water partition coefficient (Wildman–Crippen LogP) is 2.50. The minimum atomic E-state index is -1.46. The van der Waals surface area contributed by atoms with Crippen LogP contribution in [-0.2, 0) is 6.54 Å². The number of alkyl halides is 1. The summed E-state index contributed by atoms with van der Waals surface area (Å²) in [5.41, 5.74) is -1.28. The molecule has 0 amide bonds. The lowest BCUT2D eigenvalue weighted by atomic mass is 10.1. The van der Waals surface area contributed by atoms with Gasteiger partial charge in [-0.25, -0.2) is 22.9 Å². The van der Waals surface area contributed by atoms with Gasteiger partial charge in [0.15, 0.2) is 11.6 Å². The smallest absolute Gasteiger partial charge is 0.341 e. The van der Waals surface area contributed by atoms with Crippen molar-refractivity contribution in [3.8, 4) is 0 Å². The monoisotopic (exact) mass is 322 g/mol. The zero-order chi connectivity index (χ0) is 16.7. The van der Waals surface area contributed by atoms with Crippen LogP contribution in [-0.4, -0.2) is 27.3 Å². The third-order valence-electron chi connectivity index (χ3n) is 3.44. The van der Waals surface area contributed by atoms with Crippen molar-refractivity contribution in [1.82, 2.24) is 9.55 Å². The maximum Gasteiger partial charge on any atom is 0.341 e. The number of carboxylic acid groups (broad SMARTS) is 1. The standard InChI is InChI=1S/C15H9F3N2O3/c16-1-2-20-6-9(15(22)23)13(21)8-3-7-4-10(17)11(18)5-12(7)19-14(8)20/h3-6H,1-2H2,(H,22,23). The van der Waals surface area contributed by atoms with Crippen molar-refractivity contribution in [2.45, 2.75) is 6.54 Å². The molecule has 2 heterocycles. The molecular weight excluding hydrogens is 313 g/mol. The van der Waals surface area contributed by atoms with Gasteiger partial charge in [0.1, 0.15) is 17.9 Å². The van der Waals surface area contributed by atoms with Crippen LogP contribution >= 0.6 is 0 Å². The molecule has 0 radical (unpaired) electrons. The first-order valence-corrected chi connectivity index (χ1v) is 6.54. The molecule has 0 atom stereocenters. The Bertz CT molecular complexity index is 1010. The van der Waals surface area contributed by atoms with Crippen LogP contribution in [0.1, 0.15) is 10.4 Å². The molecule has 1 N–H and O–H groups in total. The van der Waals surface area contributed by atoms with Crippen LogP contribution in [0.3, 0.4) is 0 Å². The van der Waals surface area contributed by atoms with Gasteiger partial charge in [-0.05, 0) is 12.1 Å². The van der Waals surface area contributed by atoms with Crippen LogP contribution in [0.25, 0.3) is 21.9 Å². The quantitative estimate of drug-likeness (QED) is 0.752. The Balaban J connectivity index is 2.48. The number of fused-ring (bicyclic) bond motifs is 2. The number of aryl methyl sites for hydroxylation is 1. The molecule has 3 rings (SSSR count). The fourth-order valence-corrected chi connectivity index (χ4v) is 2.38. The molecule has 118 valence electrons. The van der Waals surface area contributed by atoms with Gasteiger partial charge in [0, 0.05) is 17.6 Å². The lowest BCUT2D eigenvalue weighted by molar-refractivity contribution is 0.0694. The summed E-state index contributed by atoms with van der Waals surface area (Å²) in [5.74, 6) is -3.68. The molecule has 0 aliphatic rings. The summed E-state index contributed by atoms with van der Waals surface area (Å²) in [6, 6.07) is 2.95. The number of carboxylic acids is 1. The Morgan fingerprint density at radius 1 is 1.22 bits per heavy atom. The summed E-state index contributed by atoms with van der Waals surface area (Å²) in [7, 11) is 0. The number of hydrogen-bond acceptors (Lipinski definition) is 3. The molecule has 0 spiro atoms. The van der Waals surface area contributed by atoms with Gasteiger partial charge in [-0.3, -0.25) is 4.79 Å². The highest BCUT2D eigenvalue weighted by atomic mass is 19.2. The van der Waals surface area contributed by atoms with E-state index < -0.39 is 35.3 Å². The van der Waals surface area contributed by atoms with Gasteiger partial charge in [-0.2, -0.15) is 0 Å². The van der Waals surface area contributed by atoms with E-state index in [4.69, 9.17) is 5.11 Å². The summed E-state index contributed by atoms with van der Waals surface area (Å²) in [6.07, 6.45) is 0.991. The minimum Gasteiger partial charge on any atom is -0.477 e. The number of benzene rings is 1. The molecule has 5 nitrogen and oxygen atoms in total.